The van der Waals surface area contributed by atoms with E-state index in [0.717, 1.165) is 18.4 Å². The third kappa shape index (κ3) is 6.43. The van der Waals surface area contributed by atoms with Gasteiger partial charge in [-0.15, -0.1) is 0 Å². The number of ether oxygens (including phenoxy) is 1. The molecule has 1 fully saturated rings. The summed E-state index contributed by atoms with van der Waals surface area (Å²) in [5, 5.41) is 2.83. The smallest absolute Gasteiger partial charge is 0.330 e. The van der Waals surface area contributed by atoms with Crippen LogP contribution in [-0.2, 0) is 19.6 Å². The van der Waals surface area contributed by atoms with Crippen molar-refractivity contribution in [1.82, 2.24) is 4.31 Å². The topological polar surface area (TPSA) is 92.8 Å². The van der Waals surface area contributed by atoms with Crippen molar-refractivity contribution in [1.29, 1.82) is 0 Å². The zero-order valence-electron chi connectivity index (χ0n) is 18.6. The summed E-state index contributed by atoms with van der Waals surface area (Å²) in [4.78, 5) is 24.1. The van der Waals surface area contributed by atoms with E-state index >= 15 is 0 Å². The Morgan fingerprint density at radius 3 is 2.61 bits per heavy atom. The molecule has 0 bridgehead atoms. The number of rotatable bonds is 7. The van der Waals surface area contributed by atoms with E-state index in [9.17, 15) is 18.0 Å². The van der Waals surface area contributed by atoms with Crippen LogP contribution < -0.4 is 5.32 Å². The van der Waals surface area contributed by atoms with E-state index < -0.39 is 21.9 Å². The second-order valence-corrected chi connectivity index (χ2v) is 10.2. The second-order valence-electron chi connectivity index (χ2n) is 7.92. The number of piperidine rings is 1. The van der Waals surface area contributed by atoms with Crippen molar-refractivity contribution in [3.05, 3.63) is 64.7 Å². The van der Waals surface area contributed by atoms with Crippen molar-refractivity contribution in [3.63, 3.8) is 0 Å². The summed E-state index contributed by atoms with van der Waals surface area (Å²) in [6, 6.07) is 11.1. The molecule has 1 atom stereocenters. The summed E-state index contributed by atoms with van der Waals surface area (Å²) >= 11 is 6.21. The highest BCUT2D eigenvalue weighted by Gasteiger charge is 2.30. The summed E-state index contributed by atoms with van der Waals surface area (Å²) in [5.41, 5.74) is 1.48. The number of nitrogens with zero attached hydrogens (tertiary/aromatic N) is 1. The summed E-state index contributed by atoms with van der Waals surface area (Å²) < 4.78 is 32.6. The minimum absolute atomic E-state index is 0.0645. The highest BCUT2D eigenvalue weighted by atomic mass is 35.5. The molecule has 9 heteroatoms. The number of benzene rings is 2. The molecule has 1 heterocycles. The van der Waals surface area contributed by atoms with Gasteiger partial charge < -0.3 is 10.1 Å². The van der Waals surface area contributed by atoms with E-state index in [2.05, 4.69) is 5.32 Å². The Labute approximate surface area is 199 Å². The van der Waals surface area contributed by atoms with Crippen molar-refractivity contribution in [2.24, 2.45) is 5.92 Å². The van der Waals surface area contributed by atoms with E-state index in [1.54, 1.807) is 37.3 Å². The maximum atomic E-state index is 13.1. The molecule has 2 aromatic carbocycles. The van der Waals surface area contributed by atoms with Crippen molar-refractivity contribution >= 4 is 45.3 Å². The Morgan fingerprint density at radius 1 is 1.21 bits per heavy atom. The third-order valence-electron chi connectivity index (χ3n) is 5.30. The number of nitrogens with one attached hydrogen (secondary N) is 1. The van der Waals surface area contributed by atoms with Crippen LogP contribution in [0.4, 0.5) is 5.69 Å². The molecule has 1 amide bonds. The number of esters is 1. The first-order valence-electron chi connectivity index (χ1n) is 10.8. The molecule has 3 rings (SSSR count). The zero-order chi connectivity index (χ0) is 24.0. The van der Waals surface area contributed by atoms with Crippen LogP contribution in [0.5, 0.6) is 0 Å². The quantitative estimate of drug-likeness (QED) is 0.452. The van der Waals surface area contributed by atoms with E-state index in [-0.39, 0.29) is 21.4 Å². The molecule has 1 N–H and O–H groups in total. The number of amides is 1. The molecule has 1 aliphatic heterocycles. The number of sulfonamides is 1. The van der Waals surface area contributed by atoms with Gasteiger partial charge >= 0.3 is 5.97 Å². The molecule has 0 spiro atoms. The van der Waals surface area contributed by atoms with Gasteiger partial charge in [0.25, 0.3) is 5.91 Å². The van der Waals surface area contributed by atoms with Crippen LogP contribution in [-0.4, -0.2) is 44.3 Å². The Kier molecular flexibility index (Phi) is 8.29. The number of carbonyl (C=O) groups is 2. The largest absolute Gasteiger partial charge is 0.463 e. The molecule has 7 nitrogen and oxygen atoms in total. The van der Waals surface area contributed by atoms with Gasteiger partial charge in [-0.3, -0.25) is 4.79 Å². The molecule has 0 radical (unpaired) electrons. The lowest BCUT2D eigenvalue weighted by Gasteiger charge is -2.30. The minimum Gasteiger partial charge on any atom is -0.463 e. The summed E-state index contributed by atoms with van der Waals surface area (Å²) in [6.07, 6.45) is 4.72. The fourth-order valence-electron chi connectivity index (χ4n) is 3.58. The molecule has 1 saturated heterocycles. The molecular weight excluding hydrogens is 464 g/mol. The van der Waals surface area contributed by atoms with Crippen molar-refractivity contribution in [2.75, 3.05) is 25.0 Å². The molecule has 176 valence electrons. The zero-order valence-corrected chi connectivity index (χ0v) is 20.2. The van der Waals surface area contributed by atoms with Crippen molar-refractivity contribution < 1.29 is 22.7 Å². The lowest BCUT2D eigenvalue weighted by Crippen LogP contribution is -2.39. The first-order chi connectivity index (χ1) is 15.7. The lowest BCUT2D eigenvalue weighted by molar-refractivity contribution is -0.137. The van der Waals surface area contributed by atoms with E-state index in [0.29, 0.717) is 25.4 Å². The predicted molar refractivity (Wildman–Crippen MR) is 129 cm³/mol. The first kappa shape index (κ1) is 25.0. The summed E-state index contributed by atoms with van der Waals surface area (Å²) in [5.74, 6) is -0.610. The van der Waals surface area contributed by atoms with Crippen LogP contribution in [0.25, 0.3) is 6.08 Å². The van der Waals surface area contributed by atoms with Crippen LogP contribution in [0.1, 0.15) is 42.6 Å². The van der Waals surface area contributed by atoms with E-state index in [1.165, 1.54) is 28.6 Å². The molecule has 2 aromatic rings. The van der Waals surface area contributed by atoms with Gasteiger partial charge in [-0.25, -0.2) is 13.2 Å². The van der Waals surface area contributed by atoms with Crippen LogP contribution in [0, 0.1) is 5.92 Å². The van der Waals surface area contributed by atoms with Crippen LogP contribution in [0.15, 0.2) is 53.4 Å². The Bertz CT molecular complexity index is 1150. The highest BCUT2D eigenvalue weighted by molar-refractivity contribution is 7.89. The fraction of sp³-hybridized carbons (Fsp3) is 0.333. The number of carbonyl (C=O) groups excluding carboxylic acids is 2. The van der Waals surface area contributed by atoms with E-state index in [4.69, 9.17) is 16.3 Å². The maximum absolute atomic E-state index is 13.1. The molecule has 0 saturated carbocycles. The fourth-order valence-corrected chi connectivity index (χ4v) is 5.68. The van der Waals surface area contributed by atoms with Gasteiger partial charge in [-0.2, -0.15) is 4.31 Å². The minimum atomic E-state index is -3.80. The monoisotopic (exact) mass is 490 g/mol. The van der Waals surface area contributed by atoms with Gasteiger partial charge in [-0.1, -0.05) is 30.7 Å². The first-order valence-corrected chi connectivity index (χ1v) is 12.6. The maximum Gasteiger partial charge on any atom is 0.330 e. The van der Waals surface area contributed by atoms with Crippen LogP contribution in [0.3, 0.4) is 0 Å². The average Bonchev–Trinajstić information content (AvgIpc) is 2.79. The second kappa shape index (κ2) is 11.0. The Morgan fingerprint density at radius 2 is 1.94 bits per heavy atom. The number of hydrogen-bond acceptors (Lipinski definition) is 5. The Balaban J connectivity index is 1.74. The standard InChI is InChI=1S/C24H27ClN2O5S/c1-3-32-23(28)13-8-18-6-10-20(11-7-18)26-24(29)19-9-12-21(25)22(15-19)33(30,31)27-14-4-5-17(2)16-27/h6-13,15,17H,3-5,14,16H2,1-2H3,(H,26,29)/b13-8+. The SMILES string of the molecule is CCOC(=O)/C=C/c1ccc(NC(=O)c2ccc(Cl)c(S(=O)(=O)N3CCCC(C)C3)c2)cc1. The Hall–Kier alpha value is -2.68. The molecule has 33 heavy (non-hydrogen) atoms. The molecule has 1 unspecified atom stereocenters. The summed E-state index contributed by atoms with van der Waals surface area (Å²) in [6.45, 7) is 4.93. The average molecular weight is 491 g/mol. The van der Waals surface area contributed by atoms with Gasteiger partial charge in [0.2, 0.25) is 10.0 Å². The van der Waals surface area contributed by atoms with Gasteiger partial charge in [0.15, 0.2) is 0 Å². The third-order valence-corrected chi connectivity index (χ3v) is 7.64. The van der Waals surface area contributed by atoms with Gasteiger partial charge in [0.05, 0.1) is 11.6 Å². The predicted octanol–water partition coefficient (Wildman–Crippen LogP) is 4.59. The number of anilines is 1. The summed E-state index contributed by atoms with van der Waals surface area (Å²) in [7, 11) is -3.80. The van der Waals surface area contributed by atoms with Crippen LogP contribution >= 0.6 is 11.6 Å². The number of hydrogen-bond donors (Lipinski definition) is 1. The molecule has 0 aromatic heterocycles. The van der Waals surface area contributed by atoms with E-state index in [1.807, 2.05) is 6.92 Å². The van der Waals surface area contributed by atoms with Gasteiger partial charge in [-0.05, 0) is 67.7 Å². The molecule has 1 aliphatic rings. The van der Waals surface area contributed by atoms with Crippen LogP contribution in [0.2, 0.25) is 5.02 Å². The lowest BCUT2D eigenvalue weighted by atomic mass is 10.0. The number of halogens is 1. The normalized spacial score (nSPS) is 17.1. The molecular formula is C24H27ClN2O5S. The highest BCUT2D eigenvalue weighted by Crippen LogP contribution is 2.29. The van der Waals surface area contributed by atoms with Gasteiger partial charge in [0, 0.05) is 30.4 Å². The molecule has 0 aliphatic carbocycles. The van der Waals surface area contributed by atoms with Gasteiger partial charge in [0.1, 0.15) is 4.90 Å². The van der Waals surface area contributed by atoms with Crippen molar-refractivity contribution in [3.8, 4) is 0 Å². The van der Waals surface area contributed by atoms with Crippen molar-refractivity contribution in [2.45, 2.75) is 31.6 Å².